The summed E-state index contributed by atoms with van der Waals surface area (Å²) in [7, 11) is 0. The van der Waals surface area contributed by atoms with E-state index in [2.05, 4.69) is 5.32 Å². The Balaban J connectivity index is 1.88. The molecule has 114 valence electrons. The van der Waals surface area contributed by atoms with Gasteiger partial charge in [-0.1, -0.05) is 12.1 Å². The molecule has 0 atom stereocenters. The highest BCUT2D eigenvalue weighted by molar-refractivity contribution is 5.91. The highest BCUT2D eigenvalue weighted by atomic mass is 16.6. The number of hydrogen-bond donors (Lipinski definition) is 1. The summed E-state index contributed by atoms with van der Waals surface area (Å²) in [6.07, 6.45) is 2.95. The van der Waals surface area contributed by atoms with Crippen molar-refractivity contribution in [2.45, 2.75) is 6.54 Å². The summed E-state index contributed by atoms with van der Waals surface area (Å²) in [5, 5.41) is 22.0. The maximum atomic E-state index is 11.7. The molecule has 2 aromatic carbocycles. The molecule has 0 spiro atoms. The summed E-state index contributed by atoms with van der Waals surface area (Å²) >= 11 is 0. The standard InChI is InChI=1S/C17H13N3O3/c18-11-14-1-3-15(4-2-14)12-19-17(21)10-7-13-5-8-16(9-6-13)20(22)23/h1-10H,12H2,(H,19,21)/b10-7+. The minimum absolute atomic E-state index is 0.00687. The molecule has 0 fully saturated rings. The summed E-state index contributed by atoms with van der Waals surface area (Å²) < 4.78 is 0. The minimum Gasteiger partial charge on any atom is -0.348 e. The maximum Gasteiger partial charge on any atom is 0.269 e. The van der Waals surface area contributed by atoms with E-state index >= 15 is 0 Å². The number of non-ortho nitro benzene ring substituents is 1. The quantitative estimate of drug-likeness (QED) is 0.522. The average molecular weight is 307 g/mol. The van der Waals surface area contributed by atoms with Crippen LogP contribution in [0.5, 0.6) is 0 Å². The second kappa shape index (κ2) is 7.52. The van der Waals surface area contributed by atoms with Crippen molar-refractivity contribution in [3.8, 4) is 6.07 Å². The Bertz CT molecular complexity index is 772. The first-order valence-corrected chi connectivity index (χ1v) is 6.78. The van der Waals surface area contributed by atoms with E-state index in [9.17, 15) is 14.9 Å². The van der Waals surface area contributed by atoms with Gasteiger partial charge >= 0.3 is 0 Å². The largest absolute Gasteiger partial charge is 0.348 e. The lowest BCUT2D eigenvalue weighted by molar-refractivity contribution is -0.384. The lowest BCUT2D eigenvalue weighted by Crippen LogP contribution is -2.20. The van der Waals surface area contributed by atoms with Crippen molar-refractivity contribution in [1.29, 1.82) is 5.26 Å². The first kappa shape index (κ1) is 15.9. The third-order valence-corrected chi connectivity index (χ3v) is 3.08. The van der Waals surface area contributed by atoms with Crippen LogP contribution >= 0.6 is 0 Å². The van der Waals surface area contributed by atoms with Gasteiger partial charge in [-0.05, 0) is 41.5 Å². The first-order chi connectivity index (χ1) is 11.1. The number of carbonyl (C=O) groups excluding carboxylic acids is 1. The molecule has 0 aromatic heterocycles. The number of nitriles is 1. The lowest BCUT2D eigenvalue weighted by Gasteiger charge is -2.02. The van der Waals surface area contributed by atoms with Crippen LogP contribution in [0.2, 0.25) is 0 Å². The Hall–Kier alpha value is -3.46. The van der Waals surface area contributed by atoms with E-state index in [4.69, 9.17) is 5.26 Å². The van der Waals surface area contributed by atoms with Gasteiger partial charge in [0.2, 0.25) is 5.91 Å². The molecule has 0 heterocycles. The Morgan fingerprint density at radius 1 is 1.17 bits per heavy atom. The Morgan fingerprint density at radius 3 is 2.39 bits per heavy atom. The van der Waals surface area contributed by atoms with Gasteiger partial charge in [0.05, 0.1) is 16.6 Å². The number of nitrogens with one attached hydrogen (secondary N) is 1. The number of nitro benzene ring substituents is 1. The summed E-state index contributed by atoms with van der Waals surface area (Å²) in [6.45, 7) is 0.356. The van der Waals surface area contributed by atoms with Crippen molar-refractivity contribution in [2.75, 3.05) is 0 Å². The number of rotatable bonds is 5. The van der Waals surface area contributed by atoms with Gasteiger partial charge in [0.15, 0.2) is 0 Å². The van der Waals surface area contributed by atoms with Crippen molar-refractivity contribution in [2.24, 2.45) is 0 Å². The van der Waals surface area contributed by atoms with E-state index in [1.54, 1.807) is 42.5 Å². The van der Waals surface area contributed by atoms with E-state index in [-0.39, 0.29) is 11.6 Å². The second-order valence-electron chi connectivity index (χ2n) is 4.71. The molecule has 23 heavy (non-hydrogen) atoms. The van der Waals surface area contributed by atoms with Gasteiger partial charge in [0.25, 0.3) is 5.69 Å². The van der Waals surface area contributed by atoms with Gasteiger partial charge in [0, 0.05) is 24.8 Å². The van der Waals surface area contributed by atoms with E-state index in [1.165, 1.54) is 18.2 Å². The van der Waals surface area contributed by atoms with Crippen LogP contribution in [-0.4, -0.2) is 10.8 Å². The smallest absolute Gasteiger partial charge is 0.269 e. The summed E-state index contributed by atoms with van der Waals surface area (Å²) in [5.74, 6) is -0.271. The summed E-state index contributed by atoms with van der Waals surface area (Å²) in [6, 6.07) is 14.9. The third kappa shape index (κ3) is 4.79. The second-order valence-corrected chi connectivity index (χ2v) is 4.71. The fourth-order valence-corrected chi connectivity index (χ4v) is 1.82. The number of benzene rings is 2. The predicted molar refractivity (Wildman–Crippen MR) is 85.1 cm³/mol. The molecule has 0 bridgehead atoms. The van der Waals surface area contributed by atoms with Crippen LogP contribution in [0, 0.1) is 21.4 Å². The van der Waals surface area contributed by atoms with Gasteiger partial charge in [-0.2, -0.15) is 5.26 Å². The number of amides is 1. The van der Waals surface area contributed by atoms with Crippen LogP contribution in [0.15, 0.2) is 54.6 Å². The predicted octanol–water partition coefficient (Wildman–Crippen LogP) is 2.80. The van der Waals surface area contributed by atoms with E-state index in [0.717, 1.165) is 5.56 Å². The van der Waals surface area contributed by atoms with Crippen molar-refractivity contribution in [3.05, 3.63) is 81.4 Å². The zero-order valence-electron chi connectivity index (χ0n) is 12.1. The topological polar surface area (TPSA) is 96.0 Å². The number of hydrogen-bond acceptors (Lipinski definition) is 4. The number of carbonyl (C=O) groups is 1. The highest BCUT2D eigenvalue weighted by Gasteiger charge is 2.02. The molecule has 0 radical (unpaired) electrons. The zero-order valence-corrected chi connectivity index (χ0v) is 12.1. The SMILES string of the molecule is N#Cc1ccc(CNC(=O)/C=C/c2ccc([N+](=O)[O-])cc2)cc1. The Kier molecular flexibility index (Phi) is 5.21. The molecular formula is C17H13N3O3. The van der Waals surface area contributed by atoms with Crippen molar-refractivity contribution in [1.82, 2.24) is 5.32 Å². The fourth-order valence-electron chi connectivity index (χ4n) is 1.82. The van der Waals surface area contributed by atoms with Crippen LogP contribution in [0.25, 0.3) is 6.08 Å². The Labute approximate surface area is 132 Å². The highest BCUT2D eigenvalue weighted by Crippen LogP contribution is 2.12. The molecule has 0 unspecified atom stereocenters. The minimum atomic E-state index is -0.474. The van der Waals surface area contributed by atoms with E-state index in [1.807, 2.05) is 6.07 Å². The first-order valence-electron chi connectivity index (χ1n) is 6.78. The van der Waals surface area contributed by atoms with Crippen molar-refractivity contribution < 1.29 is 9.72 Å². The molecule has 2 aromatic rings. The average Bonchev–Trinajstić information content (AvgIpc) is 2.59. The van der Waals surface area contributed by atoms with Crippen LogP contribution < -0.4 is 5.32 Å². The van der Waals surface area contributed by atoms with Gasteiger partial charge < -0.3 is 5.32 Å². The normalized spacial score (nSPS) is 10.2. The van der Waals surface area contributed by atoms with Crippen LogP contribution in [0.1, 0.15) is 16.7 Å². The molecule has 0 aliphatic rings. The molecule has 1 N–H and O–H groups in total. The van der Waals surface area contributed by atoms with Crippen LogP contribution in [0.4, 0.5) is 5.69 Å². The summed E-state index contributed by atoms with van der Waals surface area (Å²) in [4.78, 5) is 21.8. The summed E-state index contributed by atoms with van der Waals surface area (Å²) in [5.41, 5.74) is 2.16. The molecule has 0 aliphatic carbocycles. The van der Waals surface area contributed by atoms with Gasteiger partial charge in [-0.15, -0.1) is 0 Å². The molecule has 6 nitrogen and oxygen atoms in total. The molecule has 0 saturated carbocycles. The maximum absolute atomic E-state index is 11.7. The molecular weight excluding hydrogens is 294 g/mol. The van der Waals surface area contributed by atoms with Gasteiger partial charge in [-0.25, -0.2) is 0 Å². The number of nitro groups is 1. The molecule has 0 aliphatic heterocycles. The Morgan fingerprint density at radius 2 is 1.83 bits per heavy atom. The number of nitrogens with zero attached hydrogens (tertiary/aromatic N) is 2. The monoisotopic (exact) mass is 307 g/mol. The lowest BCUT2D eigenvalue weighted by atomic mass is 10.1. The molecule has 2 rings (SSSR count). The molecule has 1 amide bonds. The van der Waals surface area contributed by atoms with Crippen molar-refractivity contribution >= 4 is 17.7 Å². The van der Waals surface area contributed by atoms with Crippen LogP contribution in [0.3, 0.4) is 0 Å². The van der Waals surface area contributed by atoms with E-state index < -0.39 is 4.92 Å². The third-order valence-electron chi connectivity index (χ3n) is 3.08. The van der Waals surface area contributed by atoms with E-state index in [0.29, 0.717) is 17.7 Å². The van der Waals surface area contributed by atoms with Gasteiger partial charge in [0.1, 0.15) is 0 Å². The molecule has 6 heteroatoms. The van der Waals surface area contributed by atoms with Crippen molar-refractivity contribution in [3.63, 3.8) is 0 Å². The van der Waals surface area contributed by atoms with Gasteiger partial charge in [-0.3, -0.25) is 14.9 Å². The zero-order chi connectivity index (χ0) is 16.7. The molecule has 0 saturated heterocycles. The van der Waals surface area contributed by atoms with Crippen LogP contribution in [-0.2, 0) is 11.3 Å². The fraction of sp³-hybridized carbons (Fsp3) is 0.0588.